The number of hydrogen-bond donors (Lipinski definition) is 1. The topological polar surface area (TPSA) is 83.7 Å². The number of piperidine rings is 1. The summed E-state index contributed by atoms with van der Waals surface area (Å²) in [6.07, 6.45) is 3.58. The van der Waals surface area contributed by atoms with Gasteiger partial charge in [-0.05, 0) is 62.1 Å². The molecule has 1 fully saturated rings. The minimum atomic E-state index is -0.379. The average molecular weight is 528 g/mol. The highest BCUT2D eigenvalue weighted by Crippen LogP contribution is 2.29. The molecule has 1 atom stereocenters. The van der Waals surface area contributed by atoms with E-state index >= 15 is 0 Å². The number of benzene rings is 2. The zero-order chi connectivity index (χ0) is 27.4. The quantitative estimate of drug-likeness (QED) is 0.342. The Hall–Kier alpha value is -3.91. The van der Waals surface area contributed by atoms with Crippen LogP contribution in [0.15, 0.2) is 60.8 Å². The standard InChI is InChI=1S/C31H37N5O3/c1-22-6-4-7-25-18-26(31(32-30(22)25)34-15-5-8-27(37)21-34)20-35(19-24-9-11-28(39-3)12-10-24)29(38)14-17-36-16-13-23(2)33-36/h4,6-7,9-13,16,18,27,37H,5,8,14-15,17,19-21H2,1-3H3/t27-/m0/s1. The molecule has 0 bridgehead atoms. The number of hydrogen-bond acceptors (Lipinski definition) is 6. The lowest BCUT2D eigenvalue weighted by Gasteiger charge is -2.34. The number of rotatable bonds is 9. The number of pyridine rings is 1. The lowest BCUT2D eigenvalue weighted by atomic mass is 10.0. The van der Waals surface area contributed by atoms with Gasteiger partial charge in [0, 0.05) is 56.3 Å². The van der Waals surface area contributed by atoms with Crippen molar-refractivity contribution in [1.82, 2.24) is 19.7 Å². The maximum atomic E-state index is 13.7. The fourth-order valence-electron chi connectivity index (χ4n) is 5.26. The molecule has 4 aromatic rings. The molecule has 2 aromatic carbocycles. The first-order valence-electron chi connectivity index (χ1n) is 13.6. The number of aromatic nitrogens is 3. The molecule has 0 aliphatic carbocycles. The van der Waals surface area contributed by atoms with Crippen LogP contribution in [0.25, 0.3) is 10.9 Å². The van der Waals surface area contributed by atoms with E-state index in [9.17, 15) is 9.90 Å². The lowest BCUT2D eigenvalue weighted by Crippen LogP contribution is -2.40. The highest BCUT2D eigenvalue weighted by Gasteiger charge is 2.24. The highest BCUT2D eigenvalue weighted by atomic mass is 16.5. The van der Waals surface area contributed by atoms with Crippen molar-refractivity contribution in [2.75, 3.05) is 25.1 Å². The van der Waals surface area contributed by atoms with Crippen LogP contribution in [-0.4, -0.2) is 57.0 Å². The SMILES string of the molecule is COc1ccc(CN(Cc2cc3cccc(C)c3nc2N2CCC[C@H](O)C2)C(=O)CCn2ccc(C)n2)cc1. The Balaban J connectivity index is 1.48. The van der Waals surface area contributed by atoms with Crippen molar-refractivity contribution < 1.29 is 14.6 Å². The Kier molecular flexibility index (Phi) is 8.12. The highest BCUT2D eigenvalue weighted by molar-refractivity contribution is 5.85. The van der Waals surface area contributed by atoms with Gasteiger partial charge in [-0.2, -0.15) is 5.10 Å². The average Bonchev–Trinajstić information content (AvgIpc) is 3.36. The van der Waals surface area contributed by atoms with Crippen molar-refractivity contribution in [1.29, 1.82) is 0 Å². The zero-order valence-corrected chi connectivity index (χ0v) is 23.0. The number of fused-ring (bicyclic) bond motifs is 1. The summed E-state index contributed by atoms with van der Waals surface area (Å²) >= 11 is 0. The monoisotopic (exact) mass is 527 g/mol. The molecule has 39 heavy (non-hydrogen) atoms. The summed E-state index contributed by atoms with van der Waals surface area (Å²) in [6, 6.07) is 18.1. The van der Waals surface area contributed by atoms with Crippen LogP contribution in [0.1, 0.15) is 41.6 Å². The van der Waals surface area contributed by atoms with Crippen LogP contribution in [0.5, 0.6) is 5.75 Å². The number of para-hydroxylation sites is 1. The number of carbonyl (C=O) groups is 1. The van der Waals surface area contributed by atoms with Crippen LogP contribution in [0.4, 0.5) is 5.82 Å². The van der Waals surface area contributed by atoms with E-state index in [1.165, 1.54) is 0 Å². The lowest BCUT2D eigenvalue weighted by molar-refractivity contribution is -0.132. The van der Waals surface area contributed by atoms with E-state index < -0.39 is 0 Å². The Morgan fingerprint density at radius 3 is 2.67 bits per heavy atom. The Bertz CT molecular complexity index is 1430. The second-order valence-corrected chi connectivity index (χ2v) is 10.4. The van der Waals surface area contributed by atoms with Crippen LogP contribution >= 0.6 is 0 Å². The molecule has 5 rings (SSSR count). The molecule has 1 N–H and O–H groups in total. The Labute approximate surface area is 229 Å². The van der Waals surface area contributed by atoms with Gasteiger partial charge in [-0.3, -0.25) is 9.48 Å². The molecule has 1 amide bonds. The number of aliphatic hydroxyl groups is 1. The van der Waals surface area contributed by atoms with Crippen molar-refractivity contribution in [3.8, 4) is 5.75 Å². The maximum Gasteiger partial charge on any atom is 0.225 e. The number of ether oxygens (including phenoxy) is 1. The number of aliphatic hydroxyl groups excluding tert-OH is 1. The minimum absolute atomic E-state index is 0.0490. The first kappa shape index (κ1) is 26.7. The van der Waals surface area contributed by atoms with Gasteiger partial charge in [-0.25, -0.2) is 4.98 Å². The maximum absolute atomic E-state index is 13.7. The van der Waals surface area contributed by atoms with Gasteiger partial charge >= 0.3 is 0 Å². The van der Waals surface area contributed by atoms with Gasteiger partial charge in [-0.1, -0.05) is 30.3 Å². The number of amides is 1. The molecule has 1 aliphatic rings. The molecule has 1 aliphatic heterocycles. The number of aryl methyl sites for hydroxylation is 3. The third kappa shape index (κ3) is 6.40. The molecular formula is C31H37N5O3. The molecule has 2 aromatic heterocycles. The first-order chi connectivity index (χ1) is 18.9. The summed E-state index contributed by atoms with van der Waals surface area (Å²) in [5.74, 6) is 1.68. The molecular weight excluding hydrogens is 490 g/mol. The number of nitrogens with zero attached hydrogens (tertiary/aromatic N) is 5. The van der Waals surface area contributed by atoms with Crippen molar-refractivity contribution in [3.05, 3.63) is 83.2 Å². The number of anilines is 1. The normalized spacial score (nSPS) is 15.5. The number of methoxy groups -OCH3 is 1. The summed E-state index contributed by atoms with van der Waals surface area (Å²) in [5.41, 5.74) is 5.01. The van der Waals surface area contributed by atoms with Gasteiger partial charge < -0.3 is 19.6 Å². The molecule has 0 radical (unpaired) electrons. The second kappa shape index (κ2) is 11.9. The van der Waals surface area contributed by atoms with E-state index in [-0.39, 0.29) is 12.0 Å². The van der Waals surface area contributed by atoms with Gasteiger partial charge in [-0.15, -0.1) is 0 Å². The molecule has 0 spiro atoms. The second-order valence-electron chi connectivity index (χ2n) is 10.4. The van der Waals surface area contributed by atoms with Gasteiger partial charge in [0.2, 0.25) is 5.91 Å². The van der Waals surface area contributed by atoms with Crippen LogP contribution in [-0.2, 0) is 24.4 Å². The zero-order valence-electron chi connectivity index (χ0n) is 23.0. The summed E-state index contributed by atoms with van der Waals surface area (Å²) in [4.78, 5) is 22.9. The predicted molar refractivity (Wildman–Crippen MR) is 153 cm³/mol. The predicted octanol–water partition coefficient (Wildman–Crippen LogP) is 4.64. The van der Waals surface area contributed by atoms with Crippen molar-refractivity contribution >= 4 is 22.6 Å². The number of β-amino-alcohol motifs (C(OH)–C–C–N with tert-alkyl or cyclic N) is 1. The van der Waals surface area contributed by atoms with Gasteiger partial charge in [0.1, 0.15) is 11.6 Å². The summed E-state index contributed by atoms with van der Waals surface area (Å²) in [5, 5.41) is 15.9. The van der Waals surface area contributed by atoms with Gasteiger partial charge in [0.15, 0.2) is 0 Å². The van der Waals surface area contributed by atoms with Gasteiger partial charge in [0.05, 0.1) is 24.4 Å². The molecule has 0 unspecified atom stereocenters. The van der Waals surface area contributed by atoms with E-state index in [0.717, 1.165) is 64.2 Å². The molecule has 3 heterocycles. The molecule has 8 heteroatoms. The van der Waals surface area contributed by atoms with Gasteiger partial charge in [0.25, 0.3) is 0 Å². The third-order valence-corrected chi connectivity index (χ3v) is 7.37. The smallest absolute Gasteiger partial charge is 0.225 e. The molecule has 8 nitrogen and oxygen atoms in total. The van der Waals surface area contributed by atoms with Crippen molar-refractivity contribution in [2.45, 2.75) is 58.8 Å². The first-order valence-corrected chi connectivity index (χ1v) is 13.6. The van der Waals surface area contributed by atoms with E-state index in [1.54, 1.807) is 7.11 Å². The van der Waals surface area contributed by atoms with E-state index in [4.69, 9.17) is 9.72 Å². The fraction of sp³-hybridized carbons (Fsp3) is 0.387. The molecule has 0 saturated carbocycles. The van der Waals surface area contributed by atoms with E-state index in [2.05, 4.69) is 35.1 Å². The number of carbonyl (C=O) groups excluding carboxylic acids is 1. The third-order valence-electron chi connectivity index (χ3n) is 7.37. The summed E-state index contributed by atoms with van der Waals surface area (Å²) in [6.45, 7) is 6.80. The van der Waals surface area contributed by atoms with Crippen LogP contribution in [0.2, 0.25) is 0 Å². The van der Waals surface area contributed by atoms with Crippen molar-refractivity contribution in [3.63, 3.8) is 0 Å². The Morgan fingerprint density at radius 2 is 1.95 bits per heavy atom. The fourth-order valence-corrected chi connectivity index (χ4v) is 5.26. The van der Waals surface area contributed by atoms with Crippen LogP contribution < -0.4 is 9.64 Å². The molecule has 204 valence electrons. The Morgan fingerprint density at radius 1 is 1.13 bits per heavy atom. The van der Waals surface area contributed by atoms with E-state index in [0.29, 0.717) is 32.6 Å². The van der Waals surface area contributed by atoms with Crippen LogP contribution in [0, 0.1) is 13.8 Å². The largest absolute Gasteiger partial charge is 0.497 e. The summed E-state index contributed by atoms with van der Waals surface area (Å²) in [7, 11) is 1.65. The van der Waals surface area contributed by atoms with E-state index in [1.807, 2.05) is 59.1 Å². The molecule has 1 saturated heterocycles. The van der Waals surface area contributed by atoms with Crippen LogP contribution in [0.3, 0.4) is 0 Å². The summed E-state index contributed by atoms with van der Waals surface area (Å²) < 4.78 is 7.14. The minimum Gasteiger partial charge on any atom is -0.497 e. The van der Waals surface area contributed by atoms with Crippen molar-refractivity contribution in [2.24, 2.45) is 0 Å².